The number of carboxylic acids is 1. The molecule has 0 radical (unpaired) electrons. The van der Waals surface area contributed by atoms with Gasteiger partial charge in [0.25, 0.3) is 5.91 Å². The standard InChI is InChI=1S/C21H28N4OS.C17H21N3O2S.BrH/c1-5-25(4)13-22-18-10-14(2)16(9-15(18)3)11-20-24-19(12-27-20)21(26)23-17-7-6-8-17;1-5-20(4)10-18-14-7-11(2)13(6-12(14)3)8-16-19-15(9-23-16)17(21)22;/h9-10,12-13,17H,5-8,11H2,1-4H3,(H,23,26);6-7,9-10H,5,8H2,1-4H3,(H,21,22);1H. The van der Waals surface area contributed by atoms with Crippen LogP contribution in [0.5, 0.6) is 0 Å². The minimum atomic E-state index is -0.981. The molecule has 0 spiro atoms. The van der Waals surface area contributed by atoms with Crippen molar-refractivity contribution in [3.63, 3.8) is 0 Å². The number of carboxylic acid groups (broad SMARTS) is 1. The van der Waals surface area contributed by atoms with Crippen molar-refractivity contribution in [1.29, 1.82) is 0 Å². The zero-order valence-electron chi connectivity index (χ0n) is 30.8. The highest BCUT2D eigenvalue weighted by atomic mass is 79.9. The predicted molar refractivity (Wildman–Crippen MR) is 217 cm³/mol. The molecule has 2 aromatic heterocycles. The first-order valence-corrected chi connectivity index (χ1v) is 18.7. The summed E-state index contributed by atoms with van der Waals surface area (Å²) in [6.45, 7) is 14.3. The van der Waals surface area contributed by atoms with E-state index in [1.54, 1.807) is 16.7 Å². The Morgan fingerprint density at radius 3 is 1.65 bits per heavy atom. The van der Waals surface area contributed by atoms with Crippen molar-refractivity contribution in [1.82, 2.24) is 25.1 Å². The number of hydrogen-bond donors (Lipinski definition) is 2. The maximum atomic E-state index is 12.2. The third kappa shape index (κ3) is 12.1. The Morgan fingerprint density at radius 2 is 1.25 bits per heavy atom. The number of aromatic carboxylic acids is 1. The zero-order chi connectivity index (χ0) is 36.4. The number of carbonyl (C=O) groups is 2. The number of nitrogens with zero attached hydrogens (tertiary/aromatic N) is 6. The van der Waals surface area contributed by atoms with Gasteiger partial charge >= 0.3 is 5.97 Å². The number of benzene rings is 2. The van der Waals surface area contributed by atoms with Gasteiger partial charge in [-0.1, -0.05) is 12.1 Å². The lowest BCUT2D eigenvalue weighted by Gasteiger charge is -2.25. The average molecular weight is 797 g/mol. The van der Waals surface area contributed by atoms with Crippen LogP contribution in [0.1, 0.15) is 97.5 Å². The van der Waals surface area contributed by atoms with Crippen LogP contribution in [0.4, 0.5) is 11.4 Å². The number of aromatic nitrogens is 2. The molecule has 1 aliphatic rings. The molecule has 13 heteroatoms. The maximum absolute atomic E-state index is 12.2. The number of thiazole rings is 2. The van der Waals surface area contributed by atoms with Gasteiger partial charge in [-0.15, -0.1) is 39.7 Å². The van der Waals surface area contributed by atoms with E-state index in [1.807, 2.05) is 50.9 Å². The first-order valence-electron chi connectivity index (χ1n) is 17.0. The quantitative estimate of drug-likeness (QED) is 0.103. The third-order valence-corrected chi connectivity index (χ3v) is 10.5. The summed E-state index contributed by atoms with van der Waals surface area (Å²) in [5.41, 5.74) is 9.57. The van der Waals surface area contributed by atoms with Crippen LogP contribution in [0.2, 0.25) is 0 Å². The maximum Gasteiger partial charge on any atom is 0.355 e. The second-order valence-electron chi connectivity index (χ2n) is 12.8. The largest absolute Gasteiger partial charge is 0.476 e. The smallest absolute Gasteiger partial charge is 0.355 e. The molecule has 2 N–H and O–H groups in total. The summed E-state index contributed by atoms with van der Waals surface area (Å²) in [6.07, 6.45) is 8.47. The normalized spacial score (nSPS) is 12.6. The van der Waals surface area contributed by atoms with Crippen molar-refractivity contribution in [2.45, 2.75) is 79.7 Å². The van der Waals surface area contributed by atoms with Crippen LogP contribution in [0.3, 0.4) is 0 Å². The lowest BCUT2D eigenvalue weighted by Crippen LogP contribution is -2.39. The molecule has 2 heterocycles. The van der Waals surface area contributed by atoms with Gasteiger partial charge in [-0.2, -0.15) is 0 Å². The van der Waals surface area contributed by atoms with E-state index in [0.717, 1.165) is 76.0 Å². The van der Waals surface area contributed by atoms with Crippen molar-refractivity contribution in [3.8, 4) is 0 Å². The molecule has 0 saturated heterocycles. The predicted octanol–water partition coefficient (Wildman–Crippen LogP) is 8.48. The number of aliphatic imine (C=N–C) groups is 2. The highest BCUT2D eigenvalue weighted by Gasteiger charge is 2.21. The Labute approximate surface area is 320 Å². The third-order valence-electron chi connectivity index (χ3n) is 8.77. The van der Waals surface area contributed by atoms with Gasteiger partial charge < -0.3 is 20.2 Å². The topological polar surface area (TPSA) is 123 Å². The number of carbonyl (C=O) groups excluding carboxylic acids is 1. The molecule has 4 aromatic rings. The zero-order valence-corrected chi connectivity index (χ0v) is 34.2. The van der Waals surface area contributed by atoms with E-state index in [1.165, 1.54) is 28.9 Å². The van der Waals surface area contributed by atoms with E-state index in [2.05, 4.69) is 82.1 Å². The summed E-state index contributed by atoms with van der Waals surface area (Å²) in [5.74, 6) is -1.02. The van der Waals surface area contributed by atoms with E-state index in [0.29, 0.717) is 18.2 Å². The Hall–Kier alpha value is -3.94. The molecule has 0 unspecified atom stereocenters. The molecular weight excluding hydrogens is 747 g/mol. The fourth-order valence-electron chi connectivity index (χ4n) is 4.99. The second-order valence-corrected chi connectivity index (χ2v) is 14.7. The van der Waals surface area contributed by atoms with Gasteiger partial charge in [0.05, 0.1) is 34.1 Å². The molecule has 2 aromatic carbocycles. The SMILES string of the molecule is Br.CCN(C)C=Nc1cc(C)c(Cc2nc(C(=O)NC3CCC3)cs2)cc1C.CCN(C)C=Nc1cc(C)c(Cc2nc(C(=O)O)cs2)cc1C. The van der Waals surface area contributed by atoms with Gasteiger partial charge in [-0.05, 0) is 106 Å². The van der Waals surface area contributed by atoms with E-state index < -0.39 is 5.97 Å². The minimum absolute atomic E-state index is 0. The summed E-state index contributed by atoms with van der Waals surface area (Å²) in [6, 6.07) is 8.82. The molecule has 0 bridgehead atoms. The monoisotopic (exact) mass is 795 g/mol. The number of rotatable bonds is 13. The molecule has 10 nitrogen and oxygen atoms in total. The van der Waals surface area contributed by atoms with Crippen molar-refractivity contribution in [3.05, 3.63) is 89.8 Å². The molecule has 0 aliphatic heterocycles. The number of amides is 1. The van der Waals surface area contributed by atoms with Crippen LogP contribution in [-0.2, 0) is 12.8 Å². The van der Waals surface area contributed by atoms with Crippen LogP contribution in [0.15, 0.2) is 45.0 Å². The van der Waals surface area contributed by atoms with Crippen molar-refractivity contribution in [2.75, 3.05) is 27.2 Å². The van der Waals surface area contributed by atoms with Gasteiger partial charge in [0, 0.05) is 56.8 Å². The summed E-state index contributed by atoms with van der Waals surface area (Å²) in [4.78, 5) is 45.0. The van der Waals surface area contributed by atoms with E-state index in [4.69, 9.17) is 5.11 Å². The van der Waals surface area contributed by atoms with Gasteiger partial charge in [-0.3, -0.25) is 4.79 Å². The summed E-state index contributed by atoms with van der Waals surface area (Å²) in [5, 5.41) is 17.2. The average Bonchev–Trinajstić information content (AvgIpc) is 3.74. The van der Waals surface area contributed by atoms with Gasteiger partial charge in [0.2, 0.25) is 0 Å². The fourth-order valence-corrected chi connectivity index (χ4v) is 6.58. The number of hydrogen-bond acceptors (Lipinski definition) is 8. The summed E-state index contributed by atoms with van der Waals surface area (Å²) in [7, 11) is 4.00. The van der Waals surface area contributed by atoms with Crippen LogP contribution >= 0.6 is 39.7 Å². The van der Waals surface area contributed by atoms with Crippen LogP contribution in [0.25, 0.3) is 0 Å². The highest BCUT2D eigenvalue weighted by Crippen LogP contribution is 2.27. The highest BCUT2D eigenvalue weighted by molar-refractivity contribution is 8.93. The lowest BCUT2D eigenvalue weighted by molar-refractivity contribution is 0.0690. The molecule has 51 heavy (non-hydrogen) atoms. The summed E-state index contributed by atoms with van der Waals surface area (Å²) >= 11 is 2.93. The van der Waals surface area contributed by atoms with E-state index >= 15 is 0 Å². The lowest BCUT2D eigenvalue weighted by atomic mass is 9.93. The molecule has 274 valence electrons. The van der Waals surface area contributed by atoms with Crippen molar-refractivity contribution < 1.29 is 14.7 Å². The first-order chi connectivity index (χ1) is 23.9. The molecule has 1 fully saturated rings. The van der Waals surface area contributed by atoms with Crippen molar-refractivity contribution in [2.24, 2.45) is 9.98 Å². The molecule has 1 amide bonds. The number of halogens is 1. The number of aryl methyl sites for hydroxylation is 4. The summed E-state index contributed by atoms with van der Waals surface area (Å²) < 4.78 is 0. The molecule has 0 atom stereocenters. The van der Waals surface area contributed by atoms with Crippen molar-refractivity contribution >= 4 is 75.6 Å². The van der Waals surface area contributed by atoms with Crippen LogP contribution in [0, 0.1) is 27.7 Å². The minimum Gasteiger partial charge on any atom is -0.476 e. The van der Waals surface area contributed by atoms with E-state index in [9.17, 15) is 9.59 Å². The van der Waals surface area contributed by atoms with Gasteiger partial charge in [-0.25, -0.2) is 24.7 Å². The molecule has 1 saturated carbocycles. The Bertz CT molecular complexity index is 1850. The Kier molecular flexibility index (Phi) is 15.9. The molecule has 1 aliphatic carbocycles. The van der Waals surface area contributed by atoms with Gasteiger partial charge in [0.15, 0.2) is 5.69 Å². The Balaban J connectivity index is 0.000000274. The Morgan fingerprint density at radius 1 is 0.804 bits per heavy atom. The first kappa shape index (κ1) is 41.5. The van der Waals surface area contributed by atoms with E-state index in [-0.39, 0.29) is 28.6 Å². The second kappa shape index (κ2) is 19.6. The van der Waals surface area contributed by atoms with Crippen LogP contribution in [-0.4, -0.2) is 82.7 Å². The number of nitrogens with one attached hydrogen (secondary N) is 1. The molecular formula is C38H50BrN7O3S2. The van der Waals surface area contributed by atoms with Crippen LogP contribution < -0.4 is 5.32 Å². The molecule has 5 rings (SSSR count). The fraction of sp³-hybridized carbons (Fsp3) is 0.421. The van der Waals surface area contributed by atoms with Gasteiger partial charge in [0.1, 0.15) is 5.69 Å².